The molecule has 22 heavy (non-hydrogen) atoms. The molecule has 8 nitrogen and oxygen atoms in total. The molecular formula is C14H20N2O6. The number of nitrogens with zero attached hydrogens (tertiary/aromatic N) is 1. The molecule has 1 amide bonds. The minimum Gasteiger partial charge on any atom is -0.493 e. The average molecular weight is 312 g/mol. The highest BCUT2D eigenvalue weighted by atomic mass is 16.5. The number of carboxylic acid groups (broad SMARTS) is 1. The van der Waals surface area contributed by atoms with Crippen molar-refractivity contribution in [1.29, 1.82) is 0 Å². The maximum atomic E-state index is 12.3. The summed E-state index contributed by atoms with van der Waals surface area (Å²) < 4.78 is 10.3. The first kappa shape index (κ1) is 17.7. The zero-order chi connectivity index (χ0) is 16.5. The summed E-state index contributed by atoms with van der Waals surface area (Å²) in [5.74, 6) is -1.54. The number of carboxylic acids is 1. The van der Waals surface area contributed by atoms with Gasteiger partial charge in [0, 0.05) is 24.4 Å². The second-order valence-electron chi connectivity index (χ2n) is 4.66. The number of rotatable bonds is 7. The molecule has 1 aliphatic heterocycles. The van der Waals surface area contributed by atoms with Gasteiger partial charge < -0.3 is 24.8 Å². The molecule has 1 aliphatic rings. The summed E-state index contributed by atoms with van der Waals surface area (Å²) in [5.41, 5.74) is 0. The summed E-state index contributed by atoms with van der Waals surface area (Å²) in [6, 6.07) is -0.0717. The van der Waals surface area contributed by atoms with E-state index >= 15 is 0 Å². The molecule has 0 aromatic carbocycles. The summed E-state index contributed by atoms with van der Waals surface area (Å²) in [5, 5.41) is 11.3. The fraction of sp³-hybridized carbons (Fsp3) is 0.500. The van der Waals surface area contributed by atoms with E-state index in [-0.39, 0.29) is 18.3 Å². The Morgan fingerprint density at radius 1 is 1.50 bits per heavy atom. The van der Waals surface area contributed by atoms with Crippen LogP contribution >= 0.6 is 0 Å². The molecule has 0 aromatic heterocycles. The van der Waals surface area contributed by atoms with Crippen LogP contribution in [0.3, 0.4) is 0 Å². The van der Waals surface area contributed by atoms with Gasteiger partial charge in [-0.3, -0.25) is 9.59 Å². The van der Waals surface area contributed by atoms with Gasteiger partial charge in [0.15, 0.2) is 12.0 Å². The number of amides is 1. The molecule has 0 unspecified atom stereocenters. The van der Waals surface area contributed by atoms with E-state index in [0.717, 1.165) is 12.2 Å². The van der Waals surface area contributed by atoms with Gasteiger partial charge in [0.05, 0.1) is 20.3 Å². The number of ether oxygens (including phenoxy) is 2. The van der Waals surface area contributed by atoms with Gasteiger partial charge in [-0.15, -0.1) is 0 Å². The molecule has 122 valence electrons. The van der Waals surface area contributed by atoms with E-state index in [1.165, 1.54) is 18.2 Å². The number of carbonyl (C=O) groups excluding carboxylic acids is 2. The normalized spacial score (nSPS) is 22.5. The van der Waals surface area contributed by atoms with Gasteiger partial charge in [0.1, 0.15) is 6.23 Å². The van der Waals surface area contributed by atoms with Crippen molar-refractivity contribution in [1.82, 2.24) is 10.2 Å². The zero-order valence-electron chi connectivity index (χ0n) is 12.5. The summed E-state index contributed by atoms with van der Waals surface area (Å²) >= 11 is 0. The van der Waals surface area contributed by atoms with Crippen molar-refractivity contribution in [2.24, 2.45) is 0 Å². The number of aliphatic carboxylic acids is 1. The van der Waals surface area contributed by atoms with Crippen LogP contribution in [0.15, 0.2) is 24.1 Å². The van der Waals surface area contributed by atoms with Crippen molar-refractivity contribution >= 4 is 18.2 Å². The molecule has 0 spiro atoms. The quantitative estimate of drug-likeness (QED) is 0.383. The topological polar surface area (TPSA) is 105 Å². The fourth-order valence-corrected chi connectivity index (χ4v) is 2.03. The van der Waals surface area contributed by atoms with E-state index in [1.807, 2.05) is 6.92 Å². The summed E-state index contributed by atoms with van der Waals surface area (Å²) in [4.78, 5) is 34.9. The summed E-state index contributed by atoms with van der Waals surface area (Å²) in [7, 11) is 1.30. The van der Waals surface area contributed by atoms with Crippen LogP contribution in [-0.2, 0) is 23.9 Å². The Hall–Kier alpha value is -2.35. The first-order chi connectivity index (χ1) is 10.5. The molecule has 2 N–H and O–H groups in total. The van der Waals surface area contributed by atoms with E-state index in [9.17, 15) is 14.4 Å². The van der Waals surface area contributed by atoms with Gasteiger partial charge in [-0.25, -0.2) is 4.79 Å². The van der Waals surface area contributed by atoms with E-state index in [1.54, 1.807) is 0 Å². The Morgan fingerprint density at radius 3 is 2.82 bits per heavy atom. The van der Waals surface area contributed by atoms with E-state index in [0.29, 0.717) is 19.3 Å². The van der Waals surface area contributed by atoms with Crippen LogP contribution in [0, 0.1) is 0 Å². The number of methoxy groups -OCH3 is 1. The molecule has 0 radical (unpaired) electrons. The van der Waals surface area contributed by atoms with Crippen LogP contribution in [0.2, 0.25) is 0 Å². The van der Waals surface area contributed by atoms with E-state index < -0.39 is 18.1 Å². The number of carbonyl (C=O) groups is 3. The average Bonchev–Trinajstić information content (AvgIpc) is 2.48. The third-order valence-corrected chi connectivity index (χ3v) is 3.14. The van der Waals surface area contributed by atoms with Crippen molar-refractivity contribution < 1.29 is 29.0 Å². The first-order valence-electron chi connectivity index (χ1n) is 6.77. The monoisotopic (exact) mass is 312 g/mol. The third kappa shape index (κ3) is 5.21. The number of hydrogen-bond donors (Lipinski definition) is 2. The molecule has 0 aliphatic carbocycles. The van der Waals surface area contributed by atoms with Crippen molar-refractivity contribution in [2.45, 2.75) is 25.6 Å². The Kier molecular flexibility index (Phi) is 7.11. The predicted molar refractivity (Wildman–Crippen MR) is 76.6 cm³/mol. The third-order valence-electron chi connectivity index (χ3n) is 3.14. The van der Waals surface area contributed by atoms with Gasteiger partial charge in [-0.1, -0.05) is 0 Å². The minimum absolute atomic E-state index is 0.0692. The second kappa shape index (κ2) is 8.83. The lowest BCUT2D eigenvalue weighted by molar-refractivity contribution is -0.156. The number of hydrogen-bond acceptors (Lipinski definition) is 6. The lowest BCUT2D eigenvalue weighted by Gasteiger charge is -2.39. The van der Waals surface area contributed by atoms with Crippen molar-refractivity contribution in [3.63, 3.8) is 0 Å². The molecule has 0 saturated carbocycles. The zero-order valence-corrected chi connectivity index (χ0v) is 12.5. The maximum Gasteiger partial charge on any atom is 0.329 e. The van der Waals surface area contributed by atoms with E-state index in [4.69, 9.17) is 14.6 Å². The summed E-state index contributed by atoms with van der Waals surface area (Å²) in [6.07, 6.45) is 3.90. The van der Waals surface area contributed by atoms with Crippen molar-refractivity contribution in [3.05, 3.63) is 24.1 Å². The van der Waals surface area contributed by atoms with Gasteiger partial charge >= 0.3 is 5.97 Å². The second-order valence-corrected chi connectivity index (χ2v) is 4.66. The van der Waals surface area contributed by atoms with Crippen LogP contribution in [0.25, 0.3) is 0 Å². The predicted octanol–water partition coefficient (Wildman–Crippen LogP) is -0.133. The Bertz CT molecular complexity index is 474. The molecule has 1 saturated heterocycles. The van der Waals surface area contributed by atoms with Crippen LogP contribution in [-0.4, -0.2) is 60.7 Å². The molecule has 8 heteroatoms. The lowest BCUT2D eigenvalue weighted by Crippen LogP contribution is -2.54. The Balaban J connectivity index is 2.76. The van der Waals surface area contributed by atoms with Crippen molar-refractivity contribution in [2.75, 3.05) is 20.3 Å². The molecule has 1 rings (SSSR count). The highest BCUT2D eigenvalue weighted by Crippen LogP contribution is 2.18. The molecule has 1 fully saturated rings. The Labute approximate surface area is 128 Å². The molecule has 2 atom stereocenters. The molecular weight excluding hydrogens is 292 g/mol. The van der Waals surface area contributed by atoms with E-state index in [2.05, 4.69) is 5.32 Å². The van der Waals surface area contributed by atoms with Crippen molar-refractivity contribution in [3.8, 4) is 0 Å². The lowest BCUT2D eigenvalue weighted by atomic mass is 10.1. The smallest absolute Gasteiger partial charge is 0.329 e. The first-order valence-corrected chi connectivity index (χ1v) is 6.77. The van der Waals surface area contributed by atoms with Crippen LogP contribution in [0.5, 0.6) is 0 Å². The number of aldehydes is 1. The van der Waals surface area contributed by atoms with Crippen LogP contribution in [0.4, 0.5) is 0 Å². The largest absolute Gasteiger partial charge is 0.493 e. The fourth-order valence-electron chi connectivity index (χ4n) is 2.03. The maximum absolute atomic E-state index is 12.3. The minimum atomic E-state index is -1.07. The SMILES string of the molecule is CO/C(C=O)=C\C(=O)N1[C@@H](C)CCO[C@@H]1CN/C=C/C(=O)O. The highest BCUT2D eigenvalue weighted by Gasteiger charge is 2.31. The van der Waals surface area contributed by atoms with Crippen LogP contribution in [0.1, 0.15) is 13.3 Å². The highest BCUT2D eigenvalue weighted by molar-refractivity contribution is 5.92. The molecule has 0 aromatic rings. The number of allylic oxidation sites excluding steroid dienone is 1. The van der Waals surface area contributed by atoms with Crippen LogP contribution < -0.4 is 5.32 Å². The standard InChI is InChI=1S/C14H20N2O6/c1-10-4-6-22-13(8-15-5-3-14(19)20)16(10)12(18)7-11(9-17)21-2/h3,5,7,9-10,13,15H,4,6,8H2,1-2H3,(H,19,20)/b5-3+,11-7-/t10-,13+/m0/s1. The van der Waals surface area contributed by atoms with Gasteiger partial charge in [-0.2, -0.15) is 0 Å². The number of nitrogens with one attached hydrogen (secondary N) is 1. The van der Waals surface area contributed by atoms with Gasteiger partial charge in [0.2, 0.25) is 0 Å². The van der Waals surface area contributed by atoms with Gasteiger partial charge in [-0.05, 0) is 13.3 Å². The molecule has 1 heterocycles. The van der Waals surface area contributed by atoms with Gasteiger partial charge in [0.25, 0.3) is 5.91 Å². The molecule has 0 bridgehead atoms. The Morgan fingerprint density at radius 2 is 2.23 bits per heavy atom. The summed E-state index contributed by atoms with van der Waals surface area (Å²) in [6.45, 7) is 2.60.